The maximum Gasteiger partial charge on any atom is 0.276 e. The zero-order valence-corrected chi connectivity index (χ0v) is 15.2. The number of H-pyrrole nitrogens is 1. The van der Waals surface area contributed by atoms with Crippen molar-refractivity contribution in [1.29, 1.82) is 0 Å². The third kappa shape index (κ3) is 3.25. The summed E-state index contributed by atoms with van der Waals surface area (Å²) in [6.07, 6.45) is 3.72. The van der Waals surface area contributed by atoms with E-state index < -0.39 is 5.41 Å². The molecule has 140 valence electrons. The highest BCUT2D eigenvalue weighted by Gasteiger charge is 2.42. The minimum atomic E-state index is -0.697. The van der Waals surface area contributed by atoms with Crippen LogP contribution < -0.4 is 10.6 Å². The van der Waals surface area contributed by atoms with Crippen molar-refractivity contribution in [2.75, 3.05) is 5.32 Å². The molecule has 2 aliphatic rings. The first-order chi connectivity index (χ1) is 13.0. The Morgan fingerprint density at radius 1 is 1.26 bits per heavy atom. The number of hydrogen-bond acceptors (Lipinski definition) is 4. The van der Waals surface area contributed by atoms with Crippen LogP contribution in [0.3, 0.4) is 0 Å². The van der Waals surface area contributed by atoms with Crippen LogP contribution in [0.5, 0.6) is 0 Å². The molecule has 2 aromatic rings. The molecule has 3 N–H and O–H groups in total. The lowest BCUT2D eigenvalue weighted by atomic mass is 9.72. The lowest BCUT2D eigenvalue weighted by Gasteiger charge is -2.35. The van der Waals surface area contributed by atoms with E-state index in [1.807, 2.05) is 19.1 Å². The van der Waals surface area contributed by atoms with E-state index in [-0.39, 0.29) is 17.7 Å². The van der Waals surface area contributed by atoms with Crippen molar-refractivity contribution in [3.8, 4) is 0 Å². The van der Waals surface area contributed by atoms with Gasteiger partial charge in [-0.25, -0.2) is 0 Å². The van der Waals surface area contributed by atoms with Crippen LogP contribution in [-0.2, 0) is 15.0 Å². The maximum atomic E-state index is 12.5. The summed E-state index contributed by atoms with van der Waals surface area (Å²) in [7, 11) is 0. The number of amides is 3. The largest absolute Gasteiger partial charge is 0.321 e. The zero-order valence-electron chi connectivity index (χ0n) is 15.2. The van der Waals surface area contributed by atoms with Crippen LogP contribution in [0, 0.1) is 0 Å². The van der Waals surface area contributed by atoms with Gasteiger partial charge in [-0.1, -0.05) is 19.1 Å². The molecule has 1 aliphatic heterocycles. The van der Waals surface area contributed by atoms with E-state index in [2.05, 4.69) is 20.8 Å². The van der Waals surface area contributed by atoms with Crippen LogP contribution in [0.1, 0.15) is 66.7 Å². The highest BCUT2D eigenvalue weighted by molar-refractivity contribution is 6.04. The highest BCUT2D eigenvalue weighted by Crippen LogP contribution is 2.39. The number of anilines is 1. The molecule has 2 fully saturated rings. The SMILES string of the molecule is CCC1(c2ccc(NC(=O)c3cc(C4CC4)[nH]n3)cc2)CCC(=O)NC1=O. The number of nitrogens with zero attached hydrogens (tertiary/aromatic N) is 1. The molecule has 0 bridgehead atoms. The molecular formula is C20H22N4O3. The average Bonchev–Trinajstić information content (AvgIpc) is 3.40. The lowest BCUT2D eigenvalue weighted by molar-refractivity contribution is -0.138. The third-order valence-electron chi connectivity index (χ3n) is 5.61. The molecule has 1 atom stereocenters. The van der Waals surface area contributed by atoms with Crippen LogP contribution >= 0.6 is 0 Å². The van der Waals surface area contributed by atoms with Gasteiger partial charge in [-0.05, 0) is 49.4 Å². The molecule has 1 saturated carbocycles. The molecule has 2 heterocycles. The number of rotatable bonds is 5. The summed E-state index contributed by atoms with van der Waals surface area (Å²) < 4.78 is 0. The van der Waals surface area contributed by atoms with Crippen LogP contribution in [0.4, 0.5) is 5.69 Å². The van der Waals surface area contributed by atoms with E-state index in [9.17, 15) is 14.4 Å². The second-order valence-corrected chi connectivity index (χ2v) is 7.33. The van der Waals surface area contributed by atoms with Crippen LogP contribution in [0.25, 0.3) is 0 Å². The molecule has 4 rings (SSSR count). The van der Waals surface area contributed by atoms with E-state index in [1.54, 1.807) is 18.2 Å². The van der Waals surface area contributed by atoms with E-state index in [0.717, 1.165) is 24.1 Å². The molecule has 27 heavy (non-hydrogen) atoms. The standard InChI is InChI=1S/C20H22N4O3/c1-2-20(10-9-17(25)22-19(20)27)13-5-7-14(8-6-13)21-18(26)16-11-15(23-24-16)12-3-4-12/h5-8,11-12H,2-4,9-10H2,1H3,(H,21,26)(H,23,24)(H,22,25,27). The second-order valence-electron chi connectivity index (χ2n) is 7.33. The van der Waals surface area contributed by atoms with E-state index in [4.69, 9.17) is 0 Å². The Bertz CT molecular complexity index is 898. The van der Waals surface area contributed by atoms with Gasteiger partial charge in [0.2, 0.25) is 11.8 Å². The summed E-state index contributed by atoms with van der Waals surface area (Å²) >= 11 is 0. The van der Waals surface area contributed by atoms with Crippen LogP contribution in [-0.4, -0.2) is 27.9 Å². The van der Waals surface area contributed by atoms with Crippen molar-refractivity contribution in [3.05, 3.63) is 47.3 Å². The Hall–Kier alpha value is -2.96. The summed E-state index contributed by atoms with van der Waals surface area (Å²) in [4.78, 5) is 36.3. The van der Waals surface area contributed by atoms with E-state index >= 15 is 0 Å². The predicted molar refractivity (Wildman–Crippen MR) is 99.3 cm³/mol. The van der Waals surface area contributed by atoms with Crippen molar-refractivity contribution in [2.45, 2.75) is 50.4 Å². The Morgan fingerprint density at radius 3 is 2.63 bits per heavy atom. The highest BCUT2D eigenvalue weighted by atomic mass is 16.2. The number of nitrogens with one attached hydrogen (secondary N) is 3. The number of aromatic amines is 1. The number of piperidine rings is 1. The van der Waals surface area contributed by atoms with Gasteiger partial charge in [-0.2, -0.15) is 5.10 Å². The van der Waals surface area contributed by atoms with Gasteiger partial charge in [0, 0.05) is 23.7 Å². The molecule has 0 radical (unpaired) electrons. The number of carbonyl (C=O) groups excluding carboxylic acids is 3. The molecule has 7 heteroatoms. The van der Waals surface area contributed by atoms with Gasteiger partial charge in [-0.3, -0.25) is 24.8 Å². The van der Waals surface area contributed by atoms with Crippen molar-refractivity contribution in [2.24, 2.45) is 0 Å². The molecule has 1 aromatic heterocycles. The Balaban J connectivity index is 1.48. The Morgan fingerprint density at radius 2 is 2.00 bits per heavy atom. The van der Waals surface area contributed by atoms with Gasteiger partial charge in [0.25, 0.3) is 5.91 Å². The lowest BCUT2D eigenvalue weighted by Crippen LogP contribution is -2.51. The minimum absolute atomic E-state index is 0.225. The fraction of sp³-hybridized carbons (Fsp3) is 0.400. The normalized spacial score (nSPS) is 22.4. The third-order valence-corrected chi connectivity index (χ3v) is 5.61. The first kappa shape index (κ1) is 17.5. The van der Waals surface area contributed by atoms with Crippen molar-refractivity contribution >= 4 is 23.4 Å². The summed E-state index contributed by atoms with van der Waals surface area (Å²) in [5, 5.41) is 12.3. The molecule has 1 aliphatic carbocycles. The topological polar surface area (TPSA) is 104 Å². The van der Waals surface area contributed by atoms with E-state index in [1.165, 1.54) is 0 Å². The summed E-state index contributed by atoms with van der Waals surface area (Å²) in [5.74, 6) is -0.228. The summed E-state index contributed by atoms with van der Waals surface area (Å²) in [5.41, 5.74) is 2.18. The fourth-order valence-electron chi connectivity index (χ4n) is 3.69. The Labute approximate surface area is 156 Å². The van der Waals surface area contributed by atoms with Gasteiger partial charge < -0.3 is 5.32 Å². The average molecular weight is 366 g/mol. The smallest absolute Gasteiger partial charge is 0.276 e. The second kappa shape index (κ2) is 6.64. The predicted octanol–water partition coefficient (Wildman–Crippen LogP) is 2.62. The van der Waals surface area contributed by atoms with Crippen molar-refractivity contribution in [1.82, 2.24) is 15.5 Å². The molecule has 1 aromatic carbocycles. The number of hydrogen-bond donors (Lipinski definition) is 3. The van der Waals surface area contributed by atoms with Crippen LogP contribution in [0.2, 0.25) is 0 Å². The van der Waals surface area contributed by atoms with Gasteiger partial charge in [0.15, 0.2) is 5.69 Å². The minimum Gasteiger partial charge on any atom is -0.321 e. The van der Waals surface area contributed by atoms with Gasteiger partial charge in [-0.15, -0.1) is 0 Å². The zero-order chi connectivity index (χ0) is 19.0. The van der Waals surface area contributed by atoms with Crippen molar-refractivity contribution < 1.29 is 14.4 Å². The monoisotopic (exact) mass is 366 g/mol. The first-order valence-corrected chi connectivity index (χ1v) is 9.33. The van der Waals surface area contributed by atoms with Gasteiger partial charge >= 0.3 is 0 Å². The number of benzene rings is 1. The van der Waals surface area contributed by atoms with Crippen LogP contribution in [0.15, 0.2) is 30.3 Å². The number of carbonyl (C=O) groups is 3. The molecule has 0 spiro atoms. The Kier molecular flexibility index (Phi) is 4.30. The molecule has 7 nitrogen and oxygen atoms in total. The summed E-state index contributed by atoms with van der Waals surface area (Å²) in [6, 6.07) is 9.05. The fourth-order valence-corrected chi connectivity index (χ4v) is 3.69. The molecule has 3 amide bonds. The maximum absolute atomic E-state index is 12.5. The number of aromatic nitrogens is 2. The molecule has 1 unspecified atom stereocenters. The molecule has 1 saturated heterocycles. The molecular weight excluding hydrogens is 344 g/mol. The summed E-state index contributed by atoms with van der Waals surface area (Å²) in [6.45, 7) is 1.94. The van der Waals surface area contributed by atoms with E-state index in [0.29, 0.717) is 36.6 Å². The van der Waals surface area contributed by atoms with Gasteiger partial charge in [0.05, 0.1) is 5.41 Å². The first-order valence-electron chi connectivity index (χ1n) is 9.33. The van der Waals surface area contributed by atoms with Gasteiger partial charge in [0.1, 0.15) is 0 Å². The number of imide groups is 1. The van der Waals surface area contributed by atoms with Crippen molar-refractivity contribution in [3.63, 3.8) is 0 Å². The quantitative estimate of drug-likeness (QED) is 0.708.